The molecule has 8 heteroatoms. The van der Waals surface area contributed by atoms with Crippen LogP contribution >= 0.6 is 0 Å². The van der Waals surface area contributed by atoms with Crippen molar-refractivity contribution in [2.75, 3.05) is 46.4 Å². The average Bonchev–Trinajstić information content (AvgIpc) is 3.00. The van der Waals surface area contributed by atoms with Gasteiger partial charge >= 0.3 is 5.97 Å². The van der Waals surface area contributed by atoms with Crippen LogP contribution in [0, 0.1) is 5.92 Å². The minimum Gasteiger partial charge on any atom is -0.497 e. The van der Waals surface area contributed by atoms with Crippen LogP contribution in [-0.2, 0) is 19.1 Å². The Balaban J connectivity index is 2.07. The Hall–Kier alpha value is -2.77. The molecule has 136 valence electrons. The lowest BCUT2D eigenvalue weighted by atomic mass is 10.1. The maximum atomic E-state index is 12.3. The number of likely N-dealkylation sites (N-methyl/N-ethyl adjacent to an activating group) is 1. The van der Waals surface area contributed by atoms with E-state index < -0.39 is 11.9 Å². The van der Waals surface area contributed by atoms with Gasteiger partial charge in [-0.3, -0.25) is 14.4 Å². The smallest absolute Gasteiger partial charge is 0.311 e. The molecule has 1 atom stereocenters. The van der Waals surface area contributed by atoms with E-state index in [9.17, 15) is 14.4 Å². The largest absolute Gasteiger partial charge is 0.497 e. The van der Waals surface area contributed by atoms with E-state index in [1.807, 2.05) is 0 Å². The van der Waals surface area contributed by atoms with Crippen LogP contribution < -0.4 is 14.4 Å². The van der Waals surface area contributed by atoms with Crippen LogP contribution in [0.1, 0.15) is 6.42 Å². The van der Waals surface area contributed by atoms with E-state index in [0.29, 0.717) is 17.2 Å². The van der Waals surface area contributed by atoms with E-state index in [2.05, 4.69) is 0 Å². The lowest BCUT2D eigenvalue weighted by molar-refractivity contribution is -0.154. The minimum absolute atomic E-state index is 0.0319. The second kappa shape index (κ2) is 7.87. The first-order valence-electron chi connectivity index (χ1n) is 7.76. The van der Waals surface area contributed by atoms with Crippen LogP contribution in [0.2, 0.25) is 0 Å². The predicted molar refractivity (Wildman–Crippen MR) is 89.7 cm³/mol. The van der Waals surface area contributed by atoms with Gasteiger partial charge in [-0.1, -0.05) is 0 Å². The summed E-state index contributed by atoms with van der Waals surface area (Å²) in [6, 6.07) is 5.09. The summed E-state index contributed by atoms with van der Waals surface area (Å²) in [4.78, 5) is 38.8. The van der Waals surface area contributed by atoms with Crippen LogP contribution in [0.25, 0.3) is 0 Å². The lowest BCUT2D eigenvalue weighted by Crippen LogP contribution is -2.30. The number of carbonyl (C=O) groups excluding carboxylic acids is 3. The third-order valence-corrected chi connectivity index (χ3v) is 3.97. The molecule has 0 aromatic heterocycles. The molecule has 2 amide bonds. The Bertz CT molecular complexity index is 673. The predicted octanol–water partition coefficient (Wildman–Crippen LogP) is 0.688. The van der Waals surface area contributed by atoms with E-state index >= 15 is 0 Å². The van der Waals surface area contributed by atoms with Crippen LogP contribution in [0.4, 0.5) is 5.69 Å². The van der Waals surface area contributed by atoms with E-state index in [-0.39, 0.29) is 31.4 Å². The number of anilines is 1. The van der Waals surface area contributed by atoms with Crippen molar-refractivity contribution in [3.63, 3.8) is 0 Å². The van der Waals surface area contributed by atoms with Gasteiger partial charge in [0, 0.05) is 33.1 Å². The van der Waals surface area contributed by atoms with Crippen molar-refractivity contribution in [1.82, 2.24) is 4.90 Å². The SMILES string of the molecule is COc1ccc(N2C[C@H](C(=O)OCC(=O)N(C)C)CC2=O)c(OC)c1. The fourth-order valence-corrected chi connectivity index (χ4v) is 2.49. The maximum absolute atomic E-state index is 12.3. The second-order valence-corrected chi connectivity index (χ2v) is 5.84. The summed E-state index contributed by atoms with van der Waals surface area (Å²) in [7, 11) is 6.19. The average molecular weight is 350 g/mol. The Labute approximate surface area is 146 Å². The highest BCUT2D eigenvalue weighted by Gasteiger charge is 2.37. The fraction of sp³-hybridized carbons (Fsp3) is 0.471. The Morgan fingerprint density at radius 3 is 2.56 bits per heavy atom. The Morgan fingerprint density at radius 2 is 1.96 bits per heavy atom. The van der Waals surface area contributed by atoms with Gasteiger partial charge in [-0.15, -0.1) is 0 Å². The van der Waals surface area contributed by atoms with E-state index in [0.717, 1.165) is 0 Å². The minimum atomic E-state index is -0.616. The van der Waals surface area contributed by atoms with Crippen LogP contribution in [0.5, 0.6) is 11.5 Å². The first kappa shape index (κ1) is 18.6. The van der Waals surface area contributed by atoms with Crippen molar-refractivity contribution in [2.45, 2.75) is 6.42 Å². The molecule has 1 saturated heterocycles. The van der Waals surface area contributed by atoms with Crippen LogP contribution in [-0.4, -0.2) is 64.2 Å². The highest BCUT2D eigenvalue weighted by molar-refractivity contribution is 6.00. The van der Waals surface area contributed by atoms with Crippen molar-refractivity contribution in [3.05, 3.63) is 18.2 Å². The first-order chi connectivity index (χ1) is 11.9. The molecule has 0 saturated carbocycles. The zero-order chi connectivity index (χ0) is 18.6. The summed E-state index contributed by atoms with van der Waals surface area (Å²) in [6.07, 6.45) is 0.0319. The highest BCUT2D eigenvalue weighted by atomic mass is 16.5. The molecule has 2 rings (SSSR count). The molecule has 0 aliphatic carbocycles. The number of hydrogen-bond acceptors (Lipinski definition) is 6. The zero-order valence-corrected chi connectivity index (χ0v) is 14.8. The Kier molecular flexibility index (Phi) is 5.84. The molecule has 0 spiro atoms. The molecule has 0 bridgehead atoms. The quantitative estimate of drug-likeness (QED) is 0.702. The third-order valence-electron chi connectivity index (χ3n) is 3.97. The third kappa shape index (κ3) is 4.20. The van der Waals surface area contributed by atoms with Crippen molar-refractivity contribution in [1.29, 1.82) is 0 Å². The molecule has 8 nitrogen and oxygen atoms in total. The molecule has 1 aliphatic rings. The van der Waals surface area contributed by atoms with E-state index in [1.165, 1.54) is 24.0 Å². The molecule has 0 radical (unpaired) electrons. The number of rotatable bonds is 6. The summed E-state index contributed by atoms with van der Waals surface area (Å²) < 4.78 is 15.5. The molecule has 1 heterocycles. The summed E-state index contributed by atoms with van der Waals surface area (Å²) in [5.41, 5.74) is 0.563. The summed E-state index contributed by atoms with van der Waals surface area (Å²) in [5, 5.41) is 0. The zero-order valence-electron chi connectivity index (χ0n) is 14.8. The van der Waals surface area contributed by atoms with Gasteiger partial charge in [0.25, 0.3) is 5.91 Å². The Morgan fingerprint density at radius 1 is 1.24 bits per heavy atom. The van der Waals surface area contributed by atoms with Crippen LogP contribution in [0.3, 0.4) is 0 Å². The summed E-state index contributed by atoms with van der Waals surface area (Å²) >= 11 is 0. The number of ether oxygens (including phenoxy) is 3. The molecule has 1 fully saturated rings. The van der Waals surface area contributed by atoms with Crippen molar-refractivity contribution >= 4 is 23.5 Å². The molecular formula is C17H22N2O6. The normalized spacial score (nSPS) is 16.6. The van der Waals surface area contributed by atoms with Gasteiger partial charge in [-0.2, -0.15) is 0 Å². The lowest BCUT2D eigenvalue weighted by Gasteiger charge is -2.20. The van der Waals surface area contributed by atoms with Gasteiger partial charge in [0.1, 0.15) is 11.5 Å². The standard InChI is InChI=1S/C17H22N2O6/c1-18(2)16(21)10-25-17(22)11-7-15(20)19(9-11)13-6-5-12(23-3)8-14(13)24-4/h5-6,8,11H,7,9-10H2,1-4H3/t11-/m1/s1. The number of esters is 1. The van der Waals surface area contributed by atoms with Gasteiger partial charge in [0.05, 0.1) is 25.8 Å². The van der Waals surface area contributed by atoms with Gasteiger partial charge < -0.3 is 24.0 Å². The number of methoxy groups -OCH3 is 2. The van der Waals surface area contributed by atoms with Gasteiger partial charge in [0.15, 0.2) is 6.61 Å². The number of benzene rings is 1. The van der Waals surface area contributed by atoms with Crippen molar-refractivity contribution in [2.24, 2.45) is 5.92 Å². The summed E-state index contributed by atoms with van der Waals surface area (Å²) in [6.45, 7) is -0.154. The molecular weight excluding hydrogens is 328 g/mol. The van der Waals surface area contributed by atoms with Gasteiger partial charge in [-0.25, -0.2) is 0 Å². The first-order valence-corrected chi connectivity index (χ1v) is 7.76. The molecule has 1 aromatic carbocycles. The van der Waals surface area contributed by atoms with Crippen molar-refractivity contribution < 1.29 is 28.6 Å². The fourth-order valence-electron chi connectivity index (χ4n) is 2.49. The van der Waals surface area contributed by atoms with Crippen LogP contribution in [0.15, 0.2) is 18.2 Å². The van der Waals surface area contributed by atoms with E-state index in [4.69, 9.17) is 14.2 Å². The summed E-state index contributed by atoms with van der Waals surface area (Å²) in [5.74, 6) is -0.613. The molecule has 0 N–H and O–H groups in total. The molecule has 1 aliphatic heterocycles. The number of hydrogen-bond donors (Lipinski definition) is 0. The van der Waals surface area contributed by atoms with Gasteiger partial charge in [0.2, 0.25) is 5.91 Å². The van der Waals surface area contributed by atoms with E-state index in [1.54, 1.807) is 32.3 Å². The highest BCUT2D eigenvalue weighted by Crippen LogP contribution is 2.35. The topological polar surface area (TPSA) is 85.4 Å². The van der Waals surface area contributed by atoms with Crippen molar-refractivity contribution in [3.8, 4) is 11.5 Å². The second-order valence-electron chi connectivity index (χ2n) is 5.84. The number of carbonyl (C=O) groups is 3. The molecule has 1 aromatic rings. The number of nitrogens with zero attached hydrogens (tertiary/aromatic N) is 2. The molecule has 0 unspecified atom stereocenters. The maximum Gasteiger partial charge on any atom is 0.311 e. The molecule has 25 heavy (non-hydrogen) atoms. The number of amides is 2. The monoisotopic (exact) mass is 350 g/mol. The van der Waals surface area contributed by atoms with Gasteiger partial charge in [-0.05, 0) is 12.1 Å².